The first kappa shape index (κ1) is 19.2. The van der Waals surface area contributed by atoms with Gasteiger partial charge in [-0.15, -0.1) is 0 Å². The van der Waals surface area contributed by atoms with Gasteiger partial charge in [-0.25, -0.2) is 4.39 Å². The van der Waals surface area contributed by atoms with Crippen LogP contribution in [0.4, 0.5) is 9.18 Å². The molecule has 3 rings (SSSR count). The van der Waals surface area contributed by atoms with Crippen molar-refractivity contribution in [3.8, 4) is 5.75 Å². The molecule has 1 fully saturated rings. The summed E-state index contributed by atoms with van der Waals surface area (Å²) in [6, 6.07) is 13.4. The van der Waals surface area contributed by atoms with E-state index in [1.54, 1.807) is 24.3 Å². The highest BCUT2D eigenvalue weighted by molar-refractivity contribution is 8.18. The Balaban J connectivity index is 1.75. The molecule has 2 amide bonds. The number of carbonyl (C=O) groups excluding carboxylic acids is 2. The monoisotopic (exact) mass is 385 g/mol. The van der Waals surface area contributed by atoms with Crippen molar-refractivity contribution in [2.24, 2.45) is 0 Å². The first-order chi connectivity index (χ1) is 13.1. The zero-order chi connectivity index (χ0) is 19.2. The predicted molar refractivity (Wildman–Crippen MR) is 105 cm³/mol. The molecule has 0 atom stereocenters. The summed E-state index contributed by atoms with van der Waals surface area (Å²) in [5.74, 6) is 0.0481. The van der Waals surface area contributed by atoms with Gasteiger partial charge in [-0.1, -0.05) is 43.7 Å². The summed E-state index contributed by atoms with van der Waals surface area (Å²) in [5.41, 5.74) is 1.56. The van der Waals surface area contributed by atoms with Gasteiger partial charge >= 0.3 is 0 Å². The lowest BCUT2D eigenvalue weighted by molar-refractivity contribution is -0.122. The minimum atomic E-state index is -0.294. The Morgan fingerprint density at radius 1 is 1.11 bits per heavy atom. The van der Waals surface area contributed by atoms with Gasteiger partial charge in [-0.05, 0) is 48.0 Å². The van der Waals surface area contributed by atoms with Crippen LogP contribution in [0.5, 0.6) is 5.75 Å². The number of ether oxygens (including phenoxy) is 1. The van der Waals surface area contributed by atoms with Crippen LogP contribution in [-0.2, 0) is 11.4 Å². The largest absolute Gasteiger partial charge is 0.488 e. The molecule has 6 heteroatoms. The minimum absolute atomic E-state index is 0.232. The maximum Gasteiger partial charge on any atom is 0.293 e. The van der Waals surface area contributed by atoms with Crippen molar-refractivity contribution >= 4 is 29.0 Å². The second-order valence-electron chi connectivity index (χ2n) is 6.14. The number of para-hydroxylation sites is 1. The molecule has 140 valence electrons. The maximum atomic E-state index is 13.0. The van der Waals surface area contributed by atoms with E-state index in [-0.39, 0.29) is 23.6 Å². The van der Waals surface area contributed by atoms with Crippen LogP contribution >= 0.6 is 11.8 Å². The SMILES string of the molecule is CCCCN1C(=O)SC(=Cc2ccccc2OCc2ccc(F)cc2)C1=O. The molecule has 27 heavy (non-hydrogen) atoms. The highest BCUT2D eigenvalue weighted by Gasteiger charge is 2.34. The maximum absolute atomic E-state index is 13.0. The van der Waals surface area contributed by atoms with Gasteiger partial charge in [0.2, 0.25) is 0 Å². The number of amides is 2. The van der Waals surface area contributed by atoms with Crippen LogP contribution in [0.15, 0.2) is 53.4 Å². The van der Waals surface area contributed by atoms with Gasteiger partial charge in [0.15, 0.2) is 0 Å². The number of unbranched alkanes of at least 4 members (excludes halogenated alkanes) is 1. The fourth-order valence-corrected chi connectivity index (χ4v) is 3.48. The summed E-state index contributed by atoms with van der Waals surface area (Å²) in [6.07, 6.45) is 3.40. The molecular weight excluding hydrogens is 365 g/mol. The summed E-state index contributed by atoms with van der Waals surface area (Å²) in [7, 11) is 0. The Morgan fingerprint density at radius 2 is 1.85 bits per heavy atom. The number of rotatable bonds is 7. The summed E-state index contributed by atoms with van der Waals surface area (Å²) >= 11 is 0.953. The smallest absolute Gasteiger partial charge is 0.293 e. The number of thioether (sulfide) groups is 1. The average molecular weight is 385 g/mol. The zero-order valence-corrected chi connectivity index (χ0v) is 15.8. The molecule has 1 aliphatic heterocycles. The lowest BCUT2D eigenvalue weighted by Crippen LogP contribution is -2.29. The van der Waals surface area contributed by atoms with Gasteiger partial charge in [0, 0.05) is 12.1 Å². The minimum Gasteiger partial charge on any atom is -0.488 e. The van der Waals surface area contributed by atoms with Crippen molar-refractivity contribution in [3.05, 3.63) is 70.4 Å². The van der Waals surface area contributed by atoms with E-state index in [0.29, 0.717) is 17.2 Å². The molecule has 0 aliphatic carbocycles. The van der Waals surface area contributed by atoms with Crippen molar-refractivity contribution in [2.75, 3.05) is 6.54 Å². The van der Waals surface area contributed by atoms with Gasteiger partial charge < -0.3 is 4.74 Å². The molecule has 2 aromatic carbocycles. The quantitative estimate of drug-likeness (QED) is 0.612. The van der Waals surface area contributed by atoms with E-state index in [2.05, 4.69) is 0 Å². The van der Waals surface area contributed by atoms with E-state index in [4.69, 9.17) is 4.74 Å². The van der Waals surface area contributed by atoms with Crippen molar-refractivity contribution < 1.29 is 18.7 Å². The van der Waals surface area contributed by atoms with Gasteiger partial charge in [-0.2, -0.15) is 0 Å². The Bertz CT molecular complexity index is 864. The topological polar surface area (TPSA) is 46.6 Å². The van der Waals surface area contributed by atoms with Gasteiger partial charge in [0.25, 0.3) is 11.1 Å². The second kappa shape index (κ2) is 8.86. The lowest BCUT2D eigenvalue weighted by atomic mass is 10.1. The third-order valence-corrected chi connectivity index (χ3v) is 5.03. The third-order valence-electron chi connectivity index (χ3n) is 4.12. The number of benzene rings is 2. The van der Waals surface area contributed by atoms with Crippen LogP contribution in [0.2, 0.25) is 0 Å². The fourth-order valence-electron chi connectivity index (χ4n) is 2.62. The molecule has 0 aromatic heterocycles. The van der Waals surface area contributed by atoms with Gasteiger partial charge in [0.1, 0.15) is 18.2 Å². The number of hydrogen-bond acceptors (Lipinski definition) is 4. The highest BCUT2D eigenvalue weighted by Crippen LogP contribution is 2.34. The molecule has 0 radical (unpaired) electrons. The van der Waals surface area contributed by atoms with E-state index in [1.807, 2.05) is 25.1 Å². The number of halogens is 1. The Kier molecular flexibility index (Phi) is 6.29. The molecule has 0 unspecified atom stereocenters. The van der Waals surface area contributed by atoms with Gasteiger partial charge in [-0.3, -0.25) is 14.5 Å². The average Bonchev–Trinajstić information content (AvgIpc) is 2.93. The summed E-state index contributed by atoms with van der Waals surface area (Å²) in [6.45, 7) is 2.74. The molecule has 2 aromatic rings. The van der Waals surface area contributed by atoms with Crippen molar-refractivity contribution in [3.63, 3.8) is 0 Å². The first-order valence-electron chi connectivity index (χ1n) is 8.80. The number of hydrogen-bond donors (Lipinski definition) is 0. The van der Waals surface area contributed by atoms with E-state index >= 15 is 0 Å². The van der Waals surface area contributed by atoms with Crippen molar-refractivity contribution in [1.82, 2.24) is 4.90 Å². The molecule has 1 saturated heterocycles. The first-order valence-corrected chi connectivity index (χ1v) is 9.61. The predicted octanol–water partition coefficient (Wildman–Crippen LogP) is 5.24. The molecule has 0 bridgehead atoms. The highest BCUT2D eigenvalue weighted by atomic mass is 32.2. The molecular formula is C21H20FNO3S. The second-order valence-corrected chi connectivity index (χ2v) is 7.13. The van der Waals surface area contributed by atoms with Crippen LogP contribution in [0.3, 0.4) is 0 Å². The van der Waals surface area contributed by atoms with E-state index in [0.717, 1.165) is 35.7 Å². The fraction of sp³-hybridized carbons (Fsp3) is 0.238. The Hall–Kier alpha value is -2.60. The number of imide groups is 1. The summed E-state index contributed by atoms with van der Waals surface area (Å²) in [5, 5.41) is -0.232. The van der Waals surface area contributed by atoms with E-state index < -0.39 is 0 Å². The molecule has 0 N–H and O–H groups in total. The van der Waals surface area contributed by atoms with Crippen LogP contribution in [0.25, 0.3) is 6.08 Å². The molecule has 1 aliphatic rings. The molecule has 4 nitrogen and oxygen atoms in total. The molecule has 1 heterocycles. The Morgan fingerprint density at radius 3 is 2.59 bits per heavy atom. The van der Waals surface area contributed by atoms with Gasteiger partial charge in [0.05, 0.1) is 4.91 Å². The normalized spacial score (nSPS) is 15.6. The number of nitrogens with zero attached hydrogens (tertiary/aromatic N) is 1. The molecule has 0 spiro atoms. The van der Waals surface area contributed by atoms with Crippen LogP contribution in [0, 0.1) is 5.82 Å². The van der Waals surface area contributed by atoms with Crippen LogP contribution in [-0.4, -0.2) is 22.6 Å². The standard InChI is InChI=1S/C21H20FNO3S/c1-2-3-12-23-20(24)19(27-21(23)25)13-16-6-4-5-7-18(16)26-14-15-8-10-17(22)11-9-15/h4-11,13H,2-3,12,14H2,1H3. The van der Waals surface area contributed by atoms with E-state index in [1.165, 1.54) is 17.0 Å². The van der Waals surface area contributed by atoms with Crippen molar-refractivity contribution in [2.45, 2.75) is 26.4 Å². The van der Waals surface area contributed by atoms with Crippen molar-refractivity contribution in [1.29, 1.82) is 0 Å². The van der Waals surface area contributed by atoms with E-state index in [9.17, 15) is 14.0 Å². The molecule has 0 saturated carbocycles. The Labute approximate surface area is 162 Å². The lowest BCUT2D eigenvalue weighted by Gasteiger charge is -2.11. The number of carbonyl (C=O) groups is 2. The zero-order valence-electron chi connectivity index (χ0n) is 15.0. The van der Waals surface area contributed by atoms with Crippen LogP contribution in [0.1, 0.15) is 30.9 Å². The third kappa shape index (κ3) is 4.77. The summed E-state index contributed by atoms with van der Waals surface area (Å²) in [4.78, 5) is 26.3. The van der Waals surface area contributed by atoms with Crippen LogP contribution < -0.4 is 4.74 Å². The summed E-state index contributed by atoms with van der Waals surface area (Å²) < 4.78 is 18.8.